The summed E-state index contributed by atoms with van der Waals surface area (Å²) in [7, 11) is 2.11. The first-order valence-electron chi connectivity index (χ1n) is 6.87. The minimum atomic E-state index is 0.360. The molecule has 1 unspecified atom stereocenters. The van der Waals surface area contributed by atoms with E-state index >= 15 is 0 Å². The molecule has 0 fully saturated rings. The molecule has 0 aliphatic rings. The monoisotopic (exact) mass is 302 g/mol. The van der Waals surface area contributed by atoms with Crippen molar-refractivity contribution in [3.63, 3.8) is 0 Å². The van der Waals surface area contributed by atoms with E-state index in [1.807, 2.05) is 13.0 Å². The van der Waals surface area contributed by atoms with E-state index in [2.05, 4.69) is 41.4 Å². The molecule has 0 spiro atoms. The van der Waals surface area contributed by atoms with E-state index in [-0.39, 0.29) is 0 Å². The van der Waals surface area contributed by atoms with Crippen LogP contribution in [0.5, 0.6) is 0 Å². The standard InChI is InChI=1S/C16H18N2O2S/c1-11(15-5-4-8-21-15)18(3)9-14-12(2)20-16(17-14)13-6-7-19-10-13/h4-8,10-11H,9H2,1-3H3. The molecule has 0 radical (unpaired) electrons. The Hall–Kier alpha value is -1.85. The molecule has 3 aromatic rings. The van der Waals surface area contributed by atoms with E-state index < -0.39 is 0 Å². The molecule has 3 aromatic heterocycles. The van der Waals surface area contributed by atoms with E-state index in [9.17, 15) is 0 Å². The summed E-state index contributed by atoms with van der Waals surface area (Å²) in [4.78, 5) is 8.22. The van der Waals surface area contributed by atoms with Crippen LogP contribution < -0.4 is 0 Å². The molecule has 5 heteroatoms. The first-order chi connectivity index (χ1) is 10.1. The van der Waals surface area contributed by atoms with Gasteiger partial charge >= 0.3 is 0 Å². The number of aromatic nitrogens is 1. The molecule has 3 heterocycles. The number of nitrogens with zero attached hydrogens (tertiary/aromatic N) is 2. The minimum Gasteiger partial charge on any atom is -0.472 e. The molecule has 1 atom stereocenters. The Labute approximate surface area is 128 Å². The molecule has 0 aromatic carbocycles. The van der Waals surface area contributed by atoms with Crippen LogP contribution in [0.4, 0.5) is 0 Å². The average Bonchev–Trinajstić information content (AvgIpc) is 3.20. The Balaban J connectivity index is 1.76. The molecule has 0 saturated heterocycles. The first kappa shape index (κ1) is 14.1. The van der Waals surface area contributed by atoms with Crippen LogP contribution >= 0.6 is 11.3 Å². The summed E-state index contributed by atoms with van der Waals surface area (Å²) < 4.78 is 10.8. The molecule has 4 nitrogen and oxygen atoms in total. The van der Waals surface area contributed by atoms with Crippen LogP contribution in [0, 0.1) is 6.92 Å². The van der Waals surface area contributed by atoms with Gasteiger partial charge in [0.05, 0.1) is 17.5 Å². The Morgan fingerprint density at radius 3 is 2.90 bits per heavy atom. The van der Waals surface area contributed by atoms with Crippen molar-refractivity contribution in [3.8, 4) is 11.5 Å². The number of hydrogen-bond donors (Lipinski definition) is 0. The maximum atomic E-state index is 5.74. The van der Waals surface area contributed by atoms with Gasteiger partial charge < -0.3 is 8.83 Å². The van der Waals surface area contributed by atoms with Crippen LogP contribution in [0.3, 0.4) is 0 Å². The molecule has 21 heavy (non-hydrogen) atoms. The average molecular weight is 302 g/mol. The first-order valence-corrected chi connectivity index (χ1v) is 7.75. The molecule has 3 rings (SSSR count). The molecule has 0 aliphatic heterocycles. The summed E-state index contributed by atoms with van der Waals surface area (Å²) in [6.45, 7) is 4.92. The van der Waals surface area contributed by atoms with E-state index in [1.165, 1.54) is 4.88 Å². The molecular weight excluding hydrogens is 284 g/mol. The molecule has 0 aliphatic carbocycles. The zero-order chi connectivity index (χ0) is 14.8. The second kappa shape index (κ2) is 5.87. The Kier molecular flexibility index (Phi) is 3.94. The summed E-state index contributed by atoms with van der Waals surface area (Å²) in [5.74, 6) is 1.48. The van der Waals surface area contributed by atoms with Gasteiger partial charge in [-0.2, -0.15) is 0 Å². The van der Waals surface area contributed by atoms with Gasteiger partial charge in [-0.3, -0.25) is 4.90 Å². The van der Waals surface area contributed by atoms with E-state index in [0.29, 0.717) is 11.9 Å². The lowest BCUT2D eigenvalue weighted by Crippen LogP contribution is -2.21. The molecule has 0 saturated carbocycles. The van der Waals surface area contributed by atoms with Crippen molar-refractivity contribution in [2.24, 2.45) is 0 Å². The number of hydrogen-bond acceptors (Lipinski definition) is 5. The number of oxazole rings is 1. The largest absolute Gasteiger partial charge is 0.472 e. The van der Waals surface area contributed by atoms with Crippen molar-refractivity contribution >= 4 is 11.3 Å². The van der Waals surface area contributed by atoms with Gasteiger partial charge in [0.1, 0.15) is 12.0 Å². The number of thiophene rings is 1. The Morgan fingerprint density at radius 1 is 1.38 bits per heavy atom. The van der Waals surface area contributed by atoms with Crippen LogP contribution in [0.25, 0.3) is 11.5 Å². The van der Waals surface area contributed by atoms with Gasteiger partial charge in [-0.1, -0.05) is 6.07 Å². The van der Waals surface area contributed by atoms with Crippen molar-refractivity contribution in [2.75, 3.05) is 7.05 Å². The van der Waals surface area contributed by atoms with Crippen LogP contribution in [0.15, 0.2) is 44.9 Å². The maximum absolute atomic E-state index is 5.74. The van der Waals surface area contributed by atoms with Crippen LogP contribution in [-0.4, -0.2) is 16.9 Å². The number of aryl methyl sites for hydroxylation is 1. The lowest BCUT2D eigenvalue weighted by Gasteiger charge is -2.22. The molecular formula is C16H18N2O2S. The van der Waals surface area contributed by atoms with Gasteiger partial charge in [-0.15, -0.1) is 11.3 Å². The predicted octanol–water partition coefficient (Wildman–Crippen LogP) is 4.50. The van der Waals surface area contributed by atoms with Gasteiger partial charge in [-0.05, 0) is 38.4 Å². The van der Waals surface area contributed by atoms with Crippen molar-refractivity contribution in [2.45, 2.75) is 26.4 Å². The summed E-state index contributed by atoms with van der Waals surface area (Å²) >= 11 is 1.78. The van der Waals surface area contributed by atoms with Crippen molar-refractivity contribution in [3.05, 3.63) is 52.4 Å². The molecule has 0 N–H and O–H groups in total. The number of rotatable bonds is 5. The summed E-state index contributed by atoms with van der Waals surface area (Å²) in [6.07, 6.45) is 3.27. The van der Waals surface area contributed by atoms with E-state index in [1.54, 1.807) is 23.9 Å². The van der Waals surface area contributed by atoms with Gasteiger partial charge in [0.15, 0.2) is 0 Å². The lowest BCUT2D eigenvalue weighted by atomic mass is 10.2. The summed E-state index contributed by atoms with van der Waals surface area (Å²) in [6, 6.07) is 6.46. The smallest absolute Gasteiger partial charge is 0.229 e. The zero-order valence-corrected chi connectivity index (χ0v) is 13.2. The minimum absolute atomic E-state index is 0.360. The maximum Gasteiger partial charge on any atom is 0.229 e. The van der Waals surface area contributed by atoms with E-state index in [4.69, 9.17) is 8.83 Å². The quantitative estimate of drug-likeness (QED) is 0.696. The highest BCUT2D eigenvalue weighted by molar-refractivity contribution is 7.10. The van der Waals surface area contributed by atoms with Gasteiger partial charge in [-0.25, -0.2) is 4.98 Å². The summed E-state index contributed by atoms with van der Waals surface area (Å²) in [5, 5.41) is 2.11. The third kappa shape index (κ3) is 2.94. The SMILES string of the molecule is Cc1oc(-c2ccoc2)nc1CN(C)C(C)c1cccs1. The Bertz CT molecular complexity index is 686. The zero-order valence-electron chi connectivity index (χ0n) is 12.4. The highest BCUT2D eigenvalue weighted by Crippen LogP contribution is 2.27. The fraction of sp³-hybridized carbons (Fsp3) is 0.312. The summed E-state index contributed by atoms with van der Waals surface area (Å²) in [5.41, 5.74) is 1.84. The van der Waals surface area contributed by atoms with Crippen LogP contribution in [0.1, 0.15) is 29.3 Å². The molecule has 0 bridgehead atoms. The van der Waals surface area contributed by atoms with Crippen molar-refractivity contribution in [1.29, 1.82) is 0 Å². The normalized spacial score (nSPS) is 13.0. The highest BCUT2D eigenvalue weighted by atomic mass is 32.1. The second-order valence-electron chi connectivity index (χ2n) is 5.14. The van der Waals surface area contributed by atoms with Gasteiger partial charge in [0.2, 0.25) is 5.89 Å². The third-order valence-corrected chi connectivity index (χ3v) is 4.72. The fourth-order valence-electron chi connectivity index (χ4n) is 2.20. The topological polar surface area (TPSA) is 42.4 Å². The van der Waals surface area contributed by atoms with Crippen LogP contribution in [-0.2, 0) is 6.54 Å². The van der Waals surface area contributed by atoms with Gasteiger partial charge in [0.25, 0.3) is 0 Å². The highest BCUT2D eigenvalue weighted by Gasteiger charge is 2.18. The van der Waals surface area contributed by atoms with Crippen molar-refractivity contribution < 1.29 is 8.83 Å². The second-order valence-corrected chi connectivity index (χ2v) is 6.12. The van der Waals surface area contributed by atoms with Crippen LogP contribution in [0.2, 0.25) is 0 Å². The lowest BCUT2D eigenvalue weighted by molar-refractivity contribution is 0.252. The molecule has 0 amide bonds. The molecule has 110 valence electrons. The predicted molar refractivity (Wildman–Crippen MR) is 83.1 cm³/mol. The Morgan fingerprint density at radius 2 is 2.24 bits per heavy atom. The van der Waals surface area contributed by atoms with Crippen molar-refractivity contribution in [1.82, 2.24) is 9.88 Å². The fourth-order valence-corrected chi connectivity index (χ4v) is 3.05. The number of furan rings is 1. The third-order valence-electron chi connectivity index (χ3n) is 3.68. The van der Waals surface area contributed by atoms with E-state index in [0.717, 1.165) is 23.6 Å². The van der Waals surface area contributed by atoms with Gasteiger partial charge in [0, 0.05) is 17.5 Å².